The third-order valence-corrected chi connectivity index (χ3v) is 3.79. The summed E-state index contributed by atoms with van der Waals surface area (Å²) in [4.78, 5) is 16.6. The molecule has 1 aromatic carbocycles. The van der Waals surface area contributed by atoms with Crippen molar-refractivity contribution in [3.63, 3.8) is 0 Å². The van der Waals surface area contributed by atoms with Gasteiger partial charge in [0, 0.05) is 22.4 Å². The molecular weight excluding hydrogens is 330 g/mol. The first kappa shape index (κ1) is 13.8. The van der Waals surface area contributed by atoms with Crippen LogP contribution in [0.2, 0.25) is 0 Å². The van der Waals surface area contributed by atoms with E-state index in [2.05, 4.69) is 26.2 Å². The van der Waals surface area contributed by atoms with E-state index in [1.54, 1.807) is 12.1 Å². The Balaban J connectivity index is 1.72. The van der Waals surface area contributed by atoms with Gasteiger partial charge in [0.1, 0.15) is 5.65 Å². The average Bonchev–Trinajstić information content (AvgIpc) is 2.90. The lowest BCUT2D eigenvalue weighted by Gasteiger charge is -2.03. The highest BCUT2D eigenvalue weighted by Crippen LogP contribution is 2.12. The second-order valence-electron chi connectivity index (χ2n) is 4.84. The SMILES string of the molecule is Cc1cccn2cc(CNC(=O)c3ccc(Br)cc3)nc12. The molecule has 0 aliphatic rings. The quantitative estimate of drug-likeness (QED) is 0.792. The van der Waals surface area contributed by atoms with Gasteiger partial charge in [0.15, 0.2) is 0 Å². The number of carbonyl (C=O) groups is 1. The Morgan fingerprint density at radius 2 is 2.05 bits per heavy atom. The molecule has 0 bridgehead atoms. The molecule has 1 amide bonds. The van der Waals surface area contributed by atoms with Gasteiger partial charge < -0.3 is 9.72 Å². The van der Waals surface area contributed by atoms with E-state index in [1.165, 1.54) is 0 Å². The highest BCUT2D eigenvalue weighted by Gasteiger charge is 2.07. The number of nitrogens with one attached hydrogen (secondary N) is 1. The van der Waals surface area contributed by atoms with Crippen LogP contribution in [-0.2, 0) is 6.54 Å². The fraction of sp³-hybridized carbons (Fsp3) is 0.125. The van der Waals surface area contributed by atoms with Crippen molar-refractivity contribution in [2.75, 3.05) is 0 Å². The van der Waals surface area contributed by atoms with Gasteiger partial charge in [0.05, 0.1) is 12.2 Å². The van der Waals surface area contributed by atoms with E-state index in [0.29, 0.717) is 12.1 Å². The molecule has 0 saturated heterocycles. The lowest BCUT2D eigenvalue weighted by molar-refractivity contribution is 0.0950. The van der Waals surface area contributed by atoms with E-state index in [-0.39, 0.29) is 5.91 Å². The maximum absolute atomic E-state index is 12.1. The molecule has 4 nitrogen and oxygen atoms in total. The molecule has 0 saturated carbocycles. The molecule has 21 heavy (non-hydrogen) atoms. The van der Waals surface area contributed by atoms with Crippen LogP contribution in [0.5, 0.6) is 0 Å². The molecule has 5 heteroatoms. The number of aromatic nitrogens is 2. The summed E-state index contributed by atoms with van der Waals surface area (Å²) in [6.07, 6.45) is 3.89. The Kier molecular flexibility index (Phi) is 3.75. The highest BCUT2D eigenvalue weighted by molar-refractivity contribution is 9.10. The van der Waals surface area contributed by atoms with Crippen LogP contribution >= 0.6 is 15.9 Å². The number of rotatable bonds is 3. The molecule has 3 aromatic rings. The number of aryl methyl sites for hydroxylation is 1. The topological polar surface area (TPSA) is 46.4 Å². The van der Waals surface area contributed by atoms with Gasteiger partial charge in [0.2, 0.25) is 0 Å². The van der Waals surface area contributed by atoms with Crippen LogP contribution in [-0.4, -0.2) is 15.3 Å². The van der Waals surface area contributed by atoms with E-state index >= 15 is 0 Å². The van der Waals surface area contributed by atoms with E-state index in [0.717, 1.165) is 21.4 Å². The smallest absolute Gasteiger partial charge is 0.251 e. The third kappa shape index (κ3) is 2.97. The number of imidazole rings is 1. The number of fused-ring (bicyclic) bond motifs is 1. The first-order valence-electron chi connectivity index (χ1n) is 6.60. The van der Waals surface area contributed by atoms with Crippen molar-refractivity contribution in [1.29, 1.82) is 0 Å². The summed E-state index contributed by atoms with van der Waals surface area (Å²) < 4.78 is 2.92. The maximum atomic E-state index is 12.1. The number of hydrogen-bond acceptors (Lipinski definition) is 2. The minimum absolute atomic E-state index is 0.101. The summed E-state index contributed by atoms with van der Waals surface area (Å²) in [5.41, 5.74) is 3.52. The van der Waals surface area contributed by atoms with Crippen LogP contribution in [0.25, 0.3) is 5.65 Å². The maximum Gasteiger partial charge on any atom is 0.251 e. The van der Waals surface area contributed by atoms with E-state index in [9.17, 15) is 4.79 Å². The average molecular weight is 344 g/mol. The van der Waals surface area contributed by atoms with Crippen LogP contribution in [0, 0.1) is 6.92 Å². The van der Waals surface area contributed by atoms with Crippen LogP contribution in [0.15, 0.2) is 53.3 Å². The monoisotopic (exact) mass is 343 g/mol. The number of hydrogen-bond donors (Lipinski definition) is 1. The van der Waals surface area contributed by atoms with Crippen molar-refractivity contribution >= 4 is 27.5 Å². The van der Waals surface area contributed by atoms with Gasteiger partial charge in [-0.1, -0.05) is 22.0 Å². The lowest BCUT2D eigenvalue weighted by atomic mass is 10.2. The molecule has 0 fully saturated rings. The van der Waals surface area contributed by atoms with E-state index in [1.807, 2.05) is 48.0 Å². The van der Waals surface area contributed by atoms with Crippen LogP contribution in [0.3, 0.4) is 0 Å². The van der Waals surface area contributed by atoms with Gasteiger partial charge in [-0.3, -0.25) is 4.79 Å². The molecular formula is C16H14BrN3O. The summed E-state index contributed by atoms with van der Waals surface area (Å²) in [7, 11) is 0. The number of carbonyl (C=O) groups excluding carboxylic acids is 1. The second-order valence-corrected chi connectivity index (χ2v) is 5.76. The zero-order valence-corrected chi connectivity index (χ0v) is 13.1. The fourth-order valence-corrected chi connectivity index (χ4v) is 2.43. The number of amides is 1. The molecule has 0 aliphatic heterocycles. The predicted molar refractivity (Wildman–Crippen MR) is 85.2 cm³/mol. The molecule has 1 N–H and O–H groups in total. The van der Waals surface area contributed by atoms with E-state index in [4.69, 9.17) is 0 Å². The molecule has 106 valence electrons. The minimum Gasteiger partial charge on any atom is -0.346 e. The highest BCUT2D eigenvalue weighted by atomic mass is 79.9. The van der Waals surface area contributed by atoms with Crippen LogP contribution in [0.1, 0.15) is 21.6 Å². The van der Waals surface area contributed by atoms with Crippen LogP contribution in [0.4, 0.5) is 0 Å². The number of halogens is 1. The van der Waals surface area contributed by atoms with Crippen molar-refractivity contribution in [2.45, 2.75) is 13.5 Å². The molecule has 0 unspecified atom stereocenters. The molecule has 0 atom stereocenters. The largest absolute Gasteiger partial charge is 0.346 e. The lowest BCUT2D eigenvalue weighted by Crippen LogP contribution is -2.22. The minimum atomic E-state index is -0.101. The number of pyridine rings is 1. The normalized spacial score (nSPS) is 10.8. The summed E-state index contributed by atoms with van der Waals surface area (Å²) in [6, 6.07) is 11.3. The van der Waals surface area contributed by atoms with Gasteiger partial charge in [-0.15, -0.1) is 0 Å². The summed E-state index contributed by atoms with van der Waals surface area (Å²) >= 11 is 3.35. The van der Waals surface area contributed by atoms with Gasteiger partial charge in [-0.2, -0.15) is 0 Å². The first-order chi connectivity index (χ1) is 10.1. The molecule has 3 rings (SSSR count). The van der Waals surface area contributed by atoms with Gasteiger partial charge >= 0.3 is 0 Å². The van der Waals surface area contributed by atoms with Gasteiger partial charge in [0.25, 0.3) is 5.91 Å². The van der Waals surface area contributed by atoms with Gasteiger partial charge in [-0.25, -0.2) is 4.98 Å². The molecule has 0 aliphatic carbocycles. The number of benzene rings is 1. The summed E-state index contributed by atoms with van der Waals surface area (Å²) in [5, 5.41) is 2.89. The molecule has 2 aromatic heterocycles. The van der Waals surface area contributed by atoms with Crippen molar-refractivity contribution in [3.8, 4) is 0 Å². The zero-order valence-electron chi connectivity index (χ0n) is 11.5. The molecule has 0 radical (unpaired) electrons. The van der Waals surface area contributed by atoms with Crippen molar-refractivity contribution in [3.05, 3.63) is 70.1 Å². The van der Waals surface area contributed by atoms with Crippen LogP contribution < -0.4 is 5.32 Å². The standard InChI is InChI=1S/C16H14BrN3O/c1-11-3-2-8-20-10-14(19-15(11)20)9-18-16(21)12-4-6-13(17)7-5-12/h2-8,10H,9H2,1H3,(H,18,21). The van der Waals surface area contributed by atoms with Crippen molar-refractivity contribution in [1.82, 2.24) is 14.7 Å². The Morgan fingerprint density at radius 1 is 1.29 bits per heavy atom. The summed E-state index contributed by atoms with van der Waals surface area (Å²) in [5.74, 6) is -0.101. The Labute approximate surface area is 131 Å². The Morgan fingerprint density at radius 3 is 2.76 bits per heavy atom. The Hall–Kier alpha value is -2.14. The second kappa shape index (κ2) is 5.69. The predicted octanol–water partition coefficient (Wildman–Crippen LogP) is 3.34. The van der Waals surface area contributed by atoms with E-state index < -0.39 is 0 Å². The van der Waals surface area contributed by atoms with Gasteiger partial charge in [-0.05, 0) is 42.8 Å². The molecule has 2 heterocycles. The number of nitrogens with zero attached hydrogens (tertiary/aromatic N) is 2. The van der Waals surface area contributed by atoms with Crippen molar-refractivity contribution < 1.29 is 4.79 Å². The fourth-order valence-electron chi connectivity index (χ4n) is 2.16. The first-order valence-corrected chi connectivity index (χ1v) is 7.40. The molecule has 0 spiro atoms. The Bertz CT molecular complexity index is 793. The third-order valence-electron chi connectivity index (χ3n) is 3.26. The summed E-state index contributed by atoms with van der Waals surface area (Å²) in [6.45, 7) is 2.43. The zero-order chi connectivity index (χ0) is 14.8. The van der Waals surface area contributed by atoms with Crippen molar-refractivity contribution in [2.24, 2.45) is 0 Å².